The van der Waals surface area contributed by atoms with Crippen LogP contribution in [0.5, 0.6) is 0 Å². The lowest BCUT2D eigenvalue weighted by Crippen LogP contribution is -2.33. The van der Waals surface area contributed by atoms with Crippen molar-refractivity contribution in [2.45, 2.75) is 65.2 Å². The first kappa shape index (κ1) is 23.0. The molecule has 0 unspecified atom stereocenters. The summed E-state index contributed by atoms with van der Waals surface area (Å²) in [5.74, 6) is 0. The van der Waals surface area contributed by atoms with Crippen molar-refractivity contribution in [3.8, 4) is 22.4 Å². The Kier molecular flexibility index (Phi) is 4.99. The second-order valence-corrected chi connectivity index (χ2v) is 12.1. The van der Waals surface area contributed by atoms with Crippen molar-refractivity contribution in [3.63, 3.8) is 0 Å². The summed E-state index contributed by atoms with van der Waals surface area (Å²) in [6.45, 7) is 13.9. The highest BCUT2D eigenvalue weighted by atomic mass is 16.3. The molecule has 1 aliphatic rings. The molecule has 6 rings (SSSR count). The van der Waals surface area contributed by atoms with Crippen molar-refractivity contribution in [2.75, 3.05) is 0 Å². The molecule has 0 saturated heterocycles. The van der Waals surface area contributed by atoms with E-state index in [-0.39, 0.29) is 10.8 Å². The molecular weight excluding hydrogens is 438 g/mol. The Bertz CT molecular complexity index is 1660. The van der Waals surface area contributed by atoms with E-state index in [2.05, 4.69) is 120 Å². The minimum absolute atomic E-state index is 0.173. The molecule has 0 fully saturated rings. The number of furan rings is 1. The standard InChI is InChI=1S/C34H36NO/c1-21-15-18-35(7)29(19-21)30-22(2)11-13-26-25-10-8-9-24(31(25)36-32(26)30)23-12-14-27-28(20-23)34(5,6)17-16-33(27,3)4/h8-15,18-20H,16-17H2,1-7H3/q+1. The fraction of sp³-hybridized carbons (Fsp3) is 0.324. The Morgan fingerprint density at radius 1 is 0.750 bits per heavy atom. The summed E-state index contributed by atoms with van der Waals surface area (Å²) >= 11 is 0. The van der Waals surface area contributed by atoms with Gasteiger partial charge in [0, 0.05) is 28.5 Å². The maximum absolute atomic E-state index is 6.82. The average molecular weight is 475 g/mol. The molecule has 0 aliphatic heterocycles. The number of para-hydroxylation sites is 1. The first-order valence-electron chi connectivity index (χ1n) is 13.1. The van der Waals surface area contributed by atoms with Crippen LogP contribution in [0.1, 0.15) is 62.8 Å². The zero-order valence-corrected chi connectivity index (χ0v) is 22.6. The Labute approximate surface area is 214 Å². The van der Waals surface area contributed by atoms with Gasteiger partial charge in [-0.2, -0.15) is 0 Å². The van der Waals surface area contributed by atoms with Gasteiger partial charge in [-0.1, -0.05) is 76.2 Å². The molecule has 36 heavy (non-hydrogen) atoms. The lowest BCUT2D eigenvalue weighted by molar-refractivity contribution is -0.660. The molecule has 2 aromatic heterocycles. The molecule has 0 amide bonds. The summed E-state index contributed by atoms with van der Waals surface area (Å²) in [5.41, 5.74) is 12.5. The predicted molar refractivity (Wildman–Crippen MR) is 151 cm³/mol. The number of pyridine rings is 1. The summed E-state index contributed by atoms with van der Waals surface area (Å²) in [4.78, 5) is 0. The molecular formula is C34H36NO+. The average Bonchev–Trinajstić information content (AvgIpc) is 3.22. The summed E-state index contributed by atoms with van der Waals surface area (Å²) in [6, 6.07) is 22.5. The Hall–Kier alpha value is -3.39. The third kappa shape index (κ3) is 3.42. The number of rotatable bonds is 2. The maximum Gasteiger partial charge on any atom is 0.216 e. The van der Waals surface area contributed by atoms with E-state index in [0.717, 1.165) is 11.2 Å². The van der Waals surface area contributed by atoms with Gasteiger partial charge in [-0.15, -0.1) is 0 Å². The minimum Gasteiger partial charge on any atom is -0.454 e. The van der Waals surface area contributed by atoms with Crippen molar-refractivity contribution >= 4 is 21.9 Å². The monoisotopic (exact) mass is 474 g/mol. The number of aryl methyl sites for hydroxylation is 3. The molecule has 0 radical (unpaired) electrons. The summed E-state index contributed by atoms with van der Waals surface area (Å²) in [5, 5.41) is 2.35. The van der Waals surface area contributed by atoms with E-state index in [1.54, 1.807) is 0 Å². The van der Waals surface area contributed by atoms with Crippen LogP contribution in [0.15, 0.2) is 71.3 Å². The van der Waals surface area contributed by atoms with E-state index in [0.29, 0.717) is 0 Å². The normalized spacial score (nSPS) is 16.4. The van der Waals surface area contributed by atoms with Crippen LogP contribution in [-0.4, -0.2) is 0 Å². The van der Waals surface area contributed by atoms with E-state index in [1.807, 2.05) is 0 Å². The number of aromatic nitrogens is 1. The Morgan fingerprint density at radius 2 is 1.47 bits per heavy atom. The van der Waals surface area contributed by atoms with Crippen molar-refractivity contribution < 1.29 is 8.98 Å². The summed E-state index contributed by atoms with van der Waals surface area (Å²) in [7, 11) is 2.11. The molecule has 5 aromatic rings. The molecule has 0 spiro atoms. The largest absolute Gasteiger partial charge is 0.454 e. The van der Waals surface area contributed by atoms with Gasteiger partial charge in [-0.05, 0) is 65.3 Å². The SMILES string of the molecule is Cc1cc[n+](C)c(-c2c(C)ccc3c2oc2c(-c4ccc5c(c4)C(C)(C)CCC5(C)C)cccc23)c1. The highest BCUT2D eigenvalue weighted by molar-refractivity contribution is 6.13. The summed E-state index contributed by atoms with van der Waals surface area (Å²) in [6.07, 6.45) is 4.57. The fourth-order valence-electron chi connectivity index (χ4n) is 6.19. The lowest BCUT2D eigenvalue weighted by Gasteiger charge is -2.42. The number of hydrogen-bond donors (Lipinski definition) is 0. The number of nitrogens with zero attached hydrogens (tertiary/aromatic N) is 1. The van der Waals surface area contributed by atoms with Gasteiger partial charge in [0.1, 0.15) is 18.2 Å². The van der Waals surface area contributed by atoms with Gasteiger partial charge in [0.25, 0.3) is 0 Å². The van der Waals surface area contributed by atoms with Crippen molar-refractivity contribution in [3.05, 3.63) is 89.1 Å². The smallest absolute Gasteiger partial charge is 0.216 e. The topological polar surface area (TPSA) is 17.0 Å². The molecule has 182 valence electrons. The van der Waals surface area contributed by atoms with Gasteiger partial charge in [0.05, 0.1) is 5.56 Å². The van der Waals surface area contributed by atoms with Crippen LogP contribution in [0.2, 0.25) is 0 Å². The number of benzene rings is 3. The van der Waals surface area contributed by atoms with Crippen molar-refractivity contribution in [1.82, 2.24) is 0 Å². The lowest BCUT2D eigenvalue weighted by atomic mass is 9.63. The molecule has 2 nitrogen and oxygen atoms in total. The van der Waals surface area contributed by atoms with Gasteiger partial charge >= 0.3 is 0 Å². The molecule has 0 N–H and O–H groups in total. The van der Waals surface area contributed by atoms with E-state index < -0.39 is 0 Å². The minimum atomic E-state index is 0.173. The van der Waals surface area contributed by atoms with Crippen LogP contribution in [0, 0.1) is 13.8 Å². The molecule has 3 aromatic carbocycles. The molecule has 0 atom stereocenters. The quantitative estimate of drug-likeness (QED) is 0.234. The third-order valence-corrected chi connectivity index (χ3v) is 8.60. The molecule has 2 heteroatoms. The van der Waals surface area contributed by atoms with E-state index >= 15 is 0 Å². The van der Waals surface area contributed by atoms with E-state index in [9.17, 15) is 0 Å². The van der Waals surface area contributed by atoms with Crippen LogP contribution in [0.3, 0.4) is 0 Å². The third-order valence-electron chi connectivity index (χ3n) is 8.60. The van der Waals surface area contributed by atoms with E-state index in [1.165, 1.54) is 68.3 Å². The zero-order chi connectivity index (χ0) is 25.4. The molecule has 0 bridgehead atoms. The highest BCUT2D eigenvalue weighted by Gasteiger charge is 2.37. The highest BCUT2D eigenvalue weighted by Crippen LogP contribution is 2.48. The zero-order valence-electron chi connectivity index (χ0n) is 22.6. The van der Waals surface area contributed by atoms with Gasteiger partial charge in [-0.3, -0.25) is 0 Å². The number of hydrogen-bond acceptors (Lipinski definition) is 1. The second-order valence-electron chi connectivity index (χ2n) is 12.1. The molecule has 2 heterocycles. The van der Waals surface area contributed by atoms with Crippen molar-refractivity contribution in [1.29, 1.82) is 0 Å². The van der Waals surface area contributed by atoms with Gasteiger partial charge < -0.3 is 4.42 Å². The first-order valence-corrected chi connectivity index (χ1v) is 13.1. The molecule has 0 saturated carbocycles. The van der Waals surface area contributed by atoms with Gasteiger partial charge in [-0.25, -0.2) is 4.57 Å². The predicted octanol–water partition coefficient (Wildman–Crippen LogP) is 8.71. The van der Waals surface area contributed by atoms with Crippen LogP contribution < -0.4 is 4.57 Å². The van der Waals surface area contributed by atoms with Gasteiger partial charge in [0.15, 0.2) is 6.20 Å². The van der Waals surface area contributed by atoms with Crippen LogP contribution >= 0.6 is 0 Å². The van der Waals surface area contributed by atoms with E-state index in [4.69, 9.17) is 4.42 Å². The van der Waals surface area contributed by atoms with Crippen LogP contribution in [-0.2, 0) is 17.9 Å². The van der Waals surface area contributed by atoms with Crippen LogP contribution in [0.4, 0.5) is 0 Å². The van der Waals surface area contributed by atoms with Crippen molar-refractivity contribution in [2.24, 2.45) is 7.05 Å². The Morgan fingerprint density at radius 3 is 2.25 bits per heavy atom. The van der Waals surface area contributed by atoms with Crippen LogP contribution in [0.25, 0.3) is 44.3 Å². The second kappa shape index (κ2) is 7.80. The van der Waals surface area contributed by atoms with Gasteiger partial charge in [0.2, 0.25) is 5.69 Å². The molecule has 1 aliphatic carbocycles. The summed E-state index contributed by atoms with van der Waals surface area (Å²) < 4.78 is 9.01. The Balaban J connectivity index is 1.62. The fourth-order valence-corrected chi connectivity index (χ4v) is 6.19. The number of fused-ring (bicyclic) bond motifs is 4. The maximum atomic E-state index is 6.82. The first-order chi connectivity index (χ1) is 17.1.